The Balaban J connectivity index is 1.89. The molecule has 1 aromatic rings. The molecule has 0 aromatic carbocycles. The molecule has 0 saturated carbocycles. The van der Waals surface area contributed by atoms with Crippen molar-refractivity contribution in [3.05, 3.63) is 17.8 Å². The van der Waals surface area contributed by atoms with Crippen LogP contribution in [0, 0.1) is 6.92 Å². The van der Waals surface area contributed by atoms with Gasteiger partial charge in [-0.15, -0.1) is 0 Å². The smallest absolute Gasteiger partial charge is 0.149 e. The number of pyridine rings is 1. The summed E-state index contributed by atoms with van der Waals surface area (Å²) in [6.45, 7) is 7.81. The Hall–Kier alpha value is -1.29. The minimum atomic E-state index is 0.509. The van der Waals surface area contributed by atoms with Crippen LogP contribution in [-0.4, -0.2) is 35.6 Å². The van der Waals surface area contributed by atoms with Crippen LogP contribution in [0.25, 0.3) is 0 Å². The lowest BCUT2D eigenvalue weighted by Gasteiger charge is -2.32. The number of nitrogens with one attached hydrogen (secondary N) is 1. The number of aryl methyl sites for hydroxylation is 1. The van der Waals surface area contributed by atoms with Gasteiger partial charge in [0.25, 0.3) is 0 Å². The van der Waals surface area contributed by atoms with E-state index in [1.807, 2.05) is 19.1 Å². The van der Waals surface area contributed by atoms with Crippen molar-refractivity contribution in [3.63, 3.8) is 0 Å². The zero-order valence-electron chi connectivity index (χ0n) is 11.4. The number of hydrogen-bond acceptors (Lipinski definition) is 4. The zero-order chi connectivity index (χ0) is 13.0. The first-order valence-electron chi connectivity index (χ1n) is 6.91. The molecule has 2 heterocycles. The van der Waals surface area contributed by atoms with E-state index in [0.29, 0.717) is 6.04 Å². The number of anilines is 2. The summed E-state index contributed by atoms with van der Waals surface area (Å²) < 4.78 is 0. The second-order valence-electron chi connectivity index (χ2n) is 5.15. The van der Waals surface area contributed by atoms with Crippen molar-refractivity contribution in [1.29, 1.82) is 0 Å². The van der Waals surface area contributed by atoms with Crippen molar-refractivity contribution in [2.45, 2.75) is 39.2 Å². The normalized spacial score (nSPS) is 17.9. The molecule has 100 valence electrons. The summed E-state index contributed by atoms with van der Waals surface area (Å²) in [6, 6.07) is 4.39. The zero-order valence-corrected chi connectivity index (χ0v) is 11.4. The van der Waals surface area contributed by atoms with Gasteiger partial charge in [0.2, 0.25) is 0 Å². The third-order valence-corrected chi connectivity index (χ3v) is 3.53. The molecule has 1 aliphatic rings. The molecule has 18 heavy (non-hydrogen) atoms. The summed E-state index contributed by atoms with van der Waals surface area (Å²) in [5, 5.41) is 3.49. The van der Waals surface area contributed by atoms with Gasteiger partial charge in [-0.3, -0.25) is 0 Å². The summed E-state index contributed by atoms with van der Waals surface area (Å²) in [7, 11) is 0. The maximum atomic E-state index is 5.95. The van der Waals surface area contributed by atoms with Crippen LogP contribution in [0.2, 0.25) is 0 Å². The topological polar surface area (TPSA) is 54.2 Å². The van der Waals surface area contributed by atoms with Crippen LogP contribution >= 0.6 is 0 Å². The molecule has 1 aromatic heterocycles. The predicted molar refractivity (Wildman–Crippen MR) is 76.8 cm³/mol. The Morgan fingerprint density at radius 1 is 1.39 bits per heavy atom. The fraction of sp³-hybridized carbons (Fsp3) is 0.643. The Kier molecular flexibility index (Phi) is 4.42. The largest absolute Gasteiger partial charge is 0.396 e. The van der Waals surface area contributed by atoms with Gasteiger partial charge in [0.1, 0.15) is 5.82 Å². The van der Waals surface area contributed by atoms with Gasteiger partial charge in [0.15, 0.2) is 0 Å². The van der Waals surface area contributed by atoms with E-state index in [1.165, 1.54) is 38.9 Å². The summed E-state index contributed by atoms with van der Waals surface area (Å²) in [4.78, 5) is 7.01. The number of rotatable bonds is 4. The van der Waals surface area contributed by atoms with Crippen LogP contribution in [0.3, 0.4) is 0 Å². The van der Waals surface area contributed by atoms with Crippen LogP contribution < -0.4 is 11.1 Å². The first kappa shape index (κ1) is 13.1. The van der Waals surface area contributed by atoms with Gasteiger partial charge in [0.05, 0.1) is 5.69 Å². The van der Waals surface area contributed by atoms with E-state index in [0.717, 1.165) is 17.2 Å². The summed E-state index contributed by atoms with van der Waals surface area (Å²) in [5.41, 5.74) is 7.70. The second-order valence-corrected chi connectivity index (χ2v) is 5.15. The van der Waals surface area contributed by atoms with E-state index in [9.17, 15) is 0 Å². The van der Waals surface area contributed by atoms with Gasteiger partial charge in [-0.05, 0) is 44.9 Å². The van der Waals surface area contributed by atoms with Crippen molar-refractivity contribution in [2.24, 2.45) is 0 Å². The van der Waals surface area contributed by atoms with Crippen LogP contribution in [0.4, 0.5) is 11.5 Å². The molecule has 3 N–H and O–H groups in total. The first-order valence-corrected chi connectivity index (χ1v) is 6.91. The van der Waals surface area contributed by atoms with Crippen LogP contribution in [0.5, 0.6) is 0 Å². The van der Waals surface area contributed by atoms with Crippen molar-refractivity contribution < 1.29 is 0 Å². The predicted octanol–water partition coefficient (Wildman–Crippen LogP) is 2.26. The molecule has 1 aliphatic heterocycles. The molecule has 4 heteroatoms. The van der Waals surface area contributed by atoms with Gasteiger partial charge in [-0.25, -0.2) is 4.98 Å². The molecule has 0 unspecified atom stereocenters. The van der Waals surface area contributed by atoms with E-state index in [1.54, 1.807) is 0 Å². The third kappa shape index (κ3) is 3.35. The maximum absolute atomic E-state index is 5.95. The van der Waals surface area contributed by atoms with Crippen LogP contribution in [-0.2, 0) is 0 Å². The minimum absolute atomic E-state index is 0.509. The number of nitrogens with zero attached hydrogens (tertiary/aromatic N) is 2. The number of hydrogen-bond donors (Lipinski definition) is 2. The Bertz CT molecular complexity index is 383. The first-order chi connectivity index (χ1) is 8.69. The SMILES string of the molecule is CCCN1CCC(Nc2nc(C)ccc2N)CC1. The van der Waals surface area contributed by atoms with Gasteiger partial charge in [-0.2, -0.15) is 0 Å². The summed E-state index contributed by atoms with van der Waals surface area (Å²) in [6.07, 6.45) is 3.59. The van der Waals surface area contributed by atoms with Crippen LogP contribution in [0.15, 0.2) is 12.1 Å². The fourth-order valence-corrected chi connectivity index (χ4v) is 2.49. The molecule has 0 spiro atoms. The average Bonchev–Trinajstić information content (AvgIpc) is 2.37. The lowest BCUT2D eigenvalue weighted by atomic mass is 10.0. The molecular weight excluding hydrogens is 224 g/mol. The molecule has 0 aliphatic carbocycles. The quantitative estimate of drug-likeness (QED) is 0.858. The number of nitrogens with two attached hydrogens (primary N) is 1. The van der Waals surface area contributed by atoms with Gasteiger partial charge >= 0.3 is 0 Å². The Morgan fingerprint density at radius 2 is 2.11 bits per heavy atom. The van der Waals surface area contributed by atoms with Crippen molar-refractivity contribution in [2.75, 3.05) is 30.7 Å². The van der Waals surface area contributed by atoms with Crippen molar-refractivity contribution in [1.82, 2.24) is 9.88 Å². The molecule has 4 nitrogen and oxygen atoms in total. The molecule has 1 saturated heterocycles. The lowest BCUT2D eigenvalue weighted by molar-refractivity contribution is 0.219. The highest BCUT2D eigenvalue weighted by Gasteiger charge is 2.19. The number of aromatic nitrogens is 1. The highest BCUT2D eigenvalue weighted by Crippen LogP contribution is 2.20. The Morgan fingerprint density at radius 3 is 2.78 bits per heavy atom. The molecule has 1 fully saturated rings. The molecule has 2 rings (SSSR count). The average molecular weight is 248 g/mol. The van der Waals surface area contributed by atoms with Crippen molar-refractivity contribution >= 4 is 11.5 Å². The third-order valence-electron chi connectivity index (χ3n) is 3.53. The molecule has 0 atom stereocenters. The standard InChI is InChI=1S/C14H24N4/c1-3-8-18-9-6-12(7-10-18)17-14-13(15)5-4-11(2)16-14/h4-5,12H,3,6-10,15H2,1-2H3,(H,16,17). The number of likely N-dealkylation sites (tertiary alicyclic amines) is 1. The lowest BCUT2D eigenvalue weighted by Crippen LogP contribution is -2.39. The summed E-state index contributed by atoms with van der Waals surface area (Å²) >= 11 is 0. The van der Waals surface area contributed by atoms with E-state index in [4.69, 9.17) is 5.73 Å². The highest BCUT2D eigenvalue weighted by molar-refractivity contribution is 5.61. The van der Waals surface area contributed by atoms with Gasteiger partial charge in [0, 0.05) is 24.8 Å². The number of piperidine rings is 1. The van der Waals surface area contributed by atoms with E-state index in [2.05, 4.69) is 22.1 Å². The van der Waals surface area contributed by atoms with Gasteiger partial charge in [-0.1, -0.05) is 6.92 Å². The van der Waals surface area contributed by atoms with Crippen LogP contribution in [0.1, 0.15) is 31.9 Å². The van der Waals surface area contributed by atoms with E-state index < -0.39 is 0 Å². The molecule has 0 amide bonds. The monoisotopic (exact) mass is 248 g/mol. The molecular formula is C14H24N4. The second kappa shape index (κ2) is 6.05. The minimum Gasteiger partial charge on any atom is -0.396 e. The van der Waals surface area contributed by atoms with E-state index >= 15 is 0 Å². The maximum Gasteiger partial charge on any atom is 0.149 e. The van der Waals surface area contributed by atoms with Gasteiger partial charge < -0.3 is 16.0 Å². The number of nitrogen functional groups attached to an aromatic ring is 1. The highest BCUT2D eigenvalue weighted by atomic mass is 15.1. The fourth-order valence-electron chi connectivity index (χ4n) is 2.49. The Labute approximate surface area is 110 Å². The van der Waals surface area contributed by atoms with E-state index in [-0.39, 0.29) is 0 Å². The summed E-state index contributed by atoms with van der Waals surface area (Å²) in [5.74, 6) is 0.851. The molecule has 0 bridgehead atoms. The molecule has 0 radical (unpaired) electrons. The van der Waals surface area contributed by atoms with Crippen molar-refractivity contribution in [3.8, 4) is 0 Å².